The summed E-state index contributed by atoms with van der Waals surface area (Å²) in [6.07, 6.45) is 9.45. The highest BCUT2D eigenvalue weighted by Gasteiger charge is 2.34. The van der Waals surface area contributed by atoms with Crippen molar-refractivity contribution in [2.45, 2.75) is 42.1 Å². The molecule has 1 N–H and O–H groups in total. The smallest absolute Gasteiger partial charge is 0.267 e. The number of rotatable bonds is 13. The molecule has 4 aromatic heterocycles. The number of aliphatic hydroxyl groups is 1. The number of sulfonamides is 2. The van der Waals surface area contributed by atoms with E-state index in [9.17, 15) is 31.5 Å². The molecule has 0 aliphatic carbocycles. The van der Waals surface area contributed by atoms with Crippen molar-refractivity contribution in [3.05, 3.63) is 85.1 Å². The van der Waals surface area contributed by atoms with Gasteiger partial charge in [0, 0.05) is 61.0 Å². The van der Waals surface area contributed by atoms with Gasteiger partial charge in [-0.05, 0) is 37.1 Å². The lowest BCUT2D eigenvalue weighted by atomic mass is 10.1. The number of hydrogen-bond acceptors (Lipinski definition) is 13. The van der Waals surface area contributed by atoms with Crippen LogP contribution in [0.1, 0.15) is 26.2 Å². The Bertz CT molecular complexity index is 2040. The Kier molecular flexibility index (Phi) is 12.0. The van der Waals surface area contributed by atoms with Crippen LogP contribution in [0.5, 0.6) is 0 Å². The molecular formula is C32H36N8O7S4. The predicted octanol–water partition coefficient (Wildman–Crippen LogP) is 3.70. The summed E-state index contributed by atoms with van der Waals surface area (Å²) in [6, 6.07) is 5.90. The Morgan fingerprint density at radius 3 is 1.59 bits per heavy atom. The van der Waals surface area contributed by atoms with E-state index < -0.39 is 32.1 Å². The zero-order chi connectivity index (χ0) is 36.8. The van der Waals surface area contributed by atoms with Gasteiger partial charge in [-0.25, -0.2) is 45.4 Å². The number of anilines is 4. The Balaban J connectivity index is 0.000000198. The molecule has 0 bridgehead atoms. The number of thiazole rings is 2. The molecule has 2 aliphatic heterocycles. The second-order valence-corrected chi connectivity index (χ2v) is 16.6. The van der Waals surface area contributed by atoms with E-state index in [1.165, 1.54) is 80.8 Å². The van der Waals surface area contributed by atoms with Crippen LogP contribution in [0, 0.1) is 5.92 Å². The van der Waals surface area contributed by atoms with E-state index in [2.05, 4.69) is 33.1 Å². The van der Waals surface area contributed by atoms with Gasteiger partial charge in [-0.2, -0.15) is 0 Å². The van der Waals surface area contributed by atoms with Gasteiger partial charge in [-0.3, -0.25) is 19.4 Å². The third kappa shape index (κ3) is 8.01. The Hall–Kier alpha value is -4.56. The van der Waals surface area contributed by atoms with Crippen molar-refractivity contribution < 1.29 is 31.5 Å². The number of amides is 2. The van der Waals surface area contributed by atoms with Crippen LogP contribution in [0.2, 0.25) is 0 Å². The summed E-state index contributed by atoms with van der Waals surface area (Å²) in [5.41, 5.74) is 0. The van der Waals surface area contributed by atoms with E-state index in [1.807, 2.05) is 6.92 Å². The summed E-state index contributed by atoms with van der Waals surface area (Å²) >= 11 is 2.44. The van der Waals surface area contributed by atoms with Crippen molar-refractivity contribution in [3.63, 3.8) is 0 Å². The molecule has 6 rings (SSSR count). The van der Waals surface area contributed by atoms with E-state index in [4.69, 9.17) is 0 Å². The van der Waals surface area contributed by atoms with E-state index in [-0.39, 0.29) is 34.7 Å². The second kappa shape index (κ2) is 16.2. The molecule has 2 saturated heterocycles. The number of hydrogen-bond donors (Lipinski definition) is 1. The lowest BCUT2D eigenvalue weighted by molar-refractivity contribution is -0.124. The fourth-order valence-electron chi connectivity index (χ4n) is 5.33. The average molecular weight is 773 g/mol. The molecule has 51 heavy (non-hydrogen) atoms. The van der Waals surface area contributed by atoms with Gasteiger partial charge in [0.1, 0.15) is 27.5 Å². The number of pyridine rings is 2. The van der Waals surface area contributed by atoms with E-state index in [0.29, 0.717) is 41.4 Å². The van der Waals surface area contributed by atoms with Gasteiger partial charge in [0.2, 0.25) is 5.91 Å². The topological polar surface area (TPSA) is 187 Å². The van der Waals surface area contributed by atoms with Crippen LogP contribution >= 0.6 is 22.7 Å². The Morgan fingerprint density at radius 2 is 1.25 bits per heavy atom. The molecule has 4 aromatic rings. The first kappa shape index (κ1) is 37.7. The van der Waals surface area contributed by atoms with Crippen LogP contribution in [-0.2, 0) is 29.6 Å². The van der Waals surface area contributed by atoms with Crippen molar-refractivity contribution in [2.24, 2.45) is 5.92 Å². The maximum absolute atomic E-state index is 12.9. The number of aromatic nitrogens is 4. The highest BCUT2D eigenvalue weighted by molar-refractivity contribution is 7.93. The third-order valence-electron chi connectivity index (χ3n) is 8.01. The zero-order valence-electron chi connectivity index (χ0n) is 27.6. The summed E-state index contributed by atoms with van der Waals surface area (Å²) in [5, 5.41) is 13.6. The minimum Gasteiger partial charge on any atom is -0.383 e. The normalized spacial score (nSPS) is 17.6. The maximum Gasteiger partial charge on any atom is 0.267 e. The van der Waals surface area contributed by atoms with E-state index in [1.54, 1.807) is 27.9 Å². The summed E-state index contributed by atoms with van der Waals surface area (Å²) in [5.74, 6) is 0.429. The Labute approximate surface area is 304 Å². The first-order valence-electron chi connectivity index (χ1n) is 15.7. The summed E-state index contributed by atoms with van der Waals surface area (Å²) in [6.45, 7) is 10.3. The summed E-state index contributed by atoms with van der Waals surface area (Å²) in [7, 11) is -7.67. The molecule has 15 nitrogen and oxygen atoms in total. The van der Waals surface area contributed by atoms with Gasteiger partial charge >= 0.3 is 0 Å². The van der Waals surface area contributed by atoms with Gasteiger partial charge in [0.25, 0.3) is 26.0 Å². The van der Waals surface area contributed by atoms with Crippen LogP contribution in [-0.4, -0.2) is 86.0 Å². The van der Waals surface area contributed by atoms with Crippen LogP contribution in [0.3, 0.4) is 0 Å². The molecule has 2 fully saturated rings. The number of aliphatic hydroxyl groups excluding tert-OH is 1. The standard InChI is InChI=1S/C17H20N4O3S2.C15H16N4O4S2/c1-3-9-21(17-18-8-11-25-17)26(23,24)14-5-6-15(19-12-14)20-10-7-13(4-2)16(20)22;1-2-7-19(15-16-6-9-24-15)25(22,23)11-3-4-13(17-10-11)18-8-5-12(20)14(18)21/h3,5-6,8,11-13H,1,4,7,9-10H2,2H3;2-4,6,9-10,12,20H,1,5,7-8H2/t13-;12-/m01/s1. The van der Waals surface area contributed by atoms with E-state index >= 15 is 0 Å². The molecule has 2 amide bonds. The van der Waals surface area contributed by atoms with Crippen molar-refractivity contribution in [3.8, 4) is 0 Å². The molecule has 0 saturated carbocycles. The van der Waals surface area contributed by atoms with Gasteiger partial charge in [-0.1, -0.05) is 19.1 Å². The first-order valence-corrected chi connectivity index (χ1v) is 20.4. The molecule has 2 aliphatic rings. The van der Waals surface area contributed by atoms with Crippen molar-refractivity contribution in [2.75, 3.05) is 44.6 Å². The van der Waals surface area contributed by atoms with Crippen LogP contribution in [0.25, 0.3) is 0 Å². The van der Waals surface area contributed by atoms with Gasteiger partial charge < -0.3 is 5.11 Å². The predicted molar refractivity (Wildman–Crippen MR) is 196 cm³/mol. The monoisotopic (exact) mass is 772 g/mol. The maximum atomic E-state index is 12.9. The highest BCUT2D eigenvalue weighted by Crippen LogP contribution is 2.30. The van der Waals surface area contributed by atoms with Crippen molar-refractivity contribution >= 4 is 76.4 Å². The van der Waals surface area contributed by atoms with Gasteiger partial charge in [-0.15, -0.1) is 35.8 Å². The SMILES string of the molecule is C=CCN(c1nccs1)S(=O)(=O)c1ccc(N2CC[C@@H](O)C2=O)nc1.C=CCN(c1nccs1)S(=O)(=O)c1ccc(N2CC[C@H](CC)C2=O)nc1. The second-order valence-electron chi connectivity index (χ2n) is 11.2. The average Bonchev–Trinajstić information content (AvgIpc) is 3.97. The highest BCUT2D eigenvalue weighted by atomic mass is 32.2. The molecule has 19 heteroatoms. The molecule has 2 atom stereocenters. The van der Waals surface area contributed by atoms with Crippen LogP contribution in [0.15, 0.2) is 94.9 Å². The van der Waals surface area contributed by atoms with Gasteiger partial charge in [0.15, 0.2) is 10.3 Å². The summed E-state index contributed by atoms with van der Waals surface area (Å²) < 4.78 is 53.9. The molecule has 270 valence electrons. The largest absolute Gasteiger partial charge is 0.383 e. The molecule has 0 spiro atoms. The van der Waals surface area contributed by atoms with Crippen molar-refractivity contribution in [1.29, 1.82) is 0 Å². The first-order chi connectivity index (χ1) is 24.4. The number of nitrogens with zero attached hydrogens (tertiary/aromatic N) is 8. The fraction of sp³-hybridized carbons (Fsp3) is 0.312. The molecule has 0 aromatic carbocycles. The zero-order valence-corrected chi connectivity index (χ0v) is 30.8. The molecule has 0 radical (unpaired) electrons. The Morgan fingerprint density at radius 1 is 0.784 bits per heavy atom. The van der Waals surface area contributed by atoms with Gasteiger partial charge in [0.05, 0.1) is 13.1 Å². The lowest BCUT2D eigenvalue weighted by Gasteiger charge is -2.20. The van der Waals surface area contributed by atoms with E-state index in [0.717, 1.165) is 17.1 Å². The minimum atomic E-state index is -3.86. The molecular weight excluding hydrogens is 737 g/mol. The number of carbonyl (C=O) groups excluding carboxylic acids is 2. The third-order valence-corrected chi connectivity index (χ3v) is 13.3. The molecule has 6 heterocycles. The lowest BCUT2D eigenvalue weighted by Crippen LogP contribution is -2.32. The van der Waals surface area contributed by atoms with Crippen LogP contribution < -0.4 is 18.4 Å². The summed E-state index contributed by atoms with van der Waals surface area (Å²) in [4.78, 5) is 43.6. The quantitative estimate of drug-likeness (QED) is 0.195. The fourth-order valence-corrected chi connectivity index (χ4v) is 9.76. The molecule has 0 unspecified atom stereocenters. The van der Waals surface area contributed by atoms with Crippen molar-refractivity contribution in [1.82, 2.24) is 19.9 Å². The number of carbonyl (C=O) groups is 2. The minimum absolute atomic E-state index is 0.0134. The van der Waals surface area contributed by atoms with Crippen LogP contribution in [0.4, 0.5) is 21.9 Å².